The van der Waals surface area contributed by atoms with Gasteiger partial charge >= 0.3 is 5.97 Å². The van der Waals surface area contributed by atoms with E-state index < -0.39 is 5.97 Å². The zero-order chi connectivity index (χ0) is 17.5. The molecular weight excluding hydrogens is 304 g/mol. The van der Waals surface area contributed by atoms with Crippen LogP contribution < -0.4 is 4.74 Å². The topological polar surface area (TPSA) is 52.6 Å². The van der Waals surface area contributed by atoms with Crippen LogP contribution >= 0.6 is 0 Å². The normalized spacial score (nSPS) is 10.1. The van der Waals surface area contributed by atoms with Gasteiger partial charge in [-0.05, 0) is 37.1 Å². The van der Waals surface area contributed by atoms with E-state index in [1.165, 1.54) is 0 Å². The van der Waals surface area contributed by atoms with Gasteiger partial charge in [0.25, 0.3) is 0 Å². The third-order valence-corrected chi connectivity index (χ3v) is 3.55. The highest BCUT2D eigenvalue weighted by Crippen LogP contribution is 2.24. The van der Waals surface area contributed by atoms with E-state index >= 15 is 0 Å². The second kappa shape index (κ2) is 8.11. The van der Waals surface area contributed by atoms with E-state index in [9.17, 15) is 9.59 Å². The molecular formula is C20H20O4. The summed E-state index contributed by atoms with van der Waals surface area (Å²) in [6.45, 7) is 7.47. The third kappa shape index (κ3) is 4.32. The van der Waals surface area contributed by atoms with E-state index in [0.717, 1.165) is 17.2 Å². The Morgan fingerprint density at radius 2 is 1.75 bits per heavy atom. The molecule has 0 aromatic heterocycles. The van der Waals surface area contributed by atoms with Crippen LogP contribution in [-0.2, 0) is 9.53 Å². The van der Waals surface area contributed by atoms with Gasteiger partial charge < -0.3 is 9.47 Å². The molecule has 2 aromatic carbocycles. The fourth-order valence-electron chi connectivity index (χ4n) is 2.29. The number of esters is 1. The number of hydrogen-bond donors (Lipinski definition) is 0. The highest BCUT2D eigenvalue weighted by molar-refractivity contribution is 6.10. The maximum Gasteiger partial charge on any atom is 0.330 e. The molecule has 4 heteroatoms. The van der Waals surface area contributed by atoms with Crippen molar-refractivity contribution in [1.82, 2.24) is 0 Å². The summed E-state index contributed by atoms with van der Waals surface area (Å²) in [5, 5.41) is 0. The van der Waals surface area contributed by atoms with Crippen molar-refractivity contribution in [2.75, 3.05) is 13.2 Å². The monoisotopic (exact) mass is 324 g/mol. The minimum absolute atomic E-state index is 0.0114. The molecule has 2 rings (SSSR count). The Balaban J connectivity index is 2.09. The first kappa shape index (κ1) is 17.5. The summed E-state index contributed by atoms with van der Waals surface area (Å²) >= 11 is 0. The molecule has 0 aliphatic carbocycles. The van der Waals surface area contributed by atoms with E-state index in [4.69, 9.17) is 9.47 Å². The fraction of sp³-hybridized carbons (Fsp3) is 0.200. The van der Waals surface area contributed by atoms with Gasteiger partial charge in [-0.15, -0.1) is 0 Å². The van der Waals surface area contributed by atoms with E-state index in [1.54, 1.807) is 12.1 Å². The number of benzene rings is 2. The summed E-state index contributed by atoms with van der Waals surface area (Å²) < 4.78 is 10.5. The first-order valence-corrected chi connectivity index (χ1v) is 7.66. The quantitative estimate of drug-likeness (QED) is 0.338. The van der Waals surface area contributed by atoms with Crippen molar-refractivity contribution < 1.29 is 19.1 Å². The van der Waals surface area contributed by atoms with Gasteiger partial charge in [0, 0.05) is 17.2 Å². The largest absolute Gasteiger partial charge is 0.490 e. The number of aryl methyl sites for hydroxylation is 2. The van der Waals surface area contributed by atoms with Crippen LogP contribution in [0.1, 0.15) is 27.0 Å². The van der Waals surface area contributed by atoms with Crippen molar-refractivity contribution in [3.63, 3.8) is 0 Å². The number of ether oxygens (including phenoxy) is 2. The molecule has 0 N–H and O–H groups in total. The number of rotatable bonds is 7. The fourth-order valence-corrected chi connectivity index (χ4v) is 2.29. The minimum Gasteiger partial charge on any atom is -0.490 e. The summed E-state index contributed by atoms with van der Waals surface area (Å²) in [7, 11) is 0. The van der Waals surface area contributed by atoms with Gasteiger partial charge in [-0.25, -0.2) is 4.79 Å². The Morgan fingerprint density at radius 3 is 2.42 bits per heavy atom. The number of carbonyl (C=O) groups excluding carboxylic acids is 2. The van der Waals surface area contributed by atoms with Crippen molar-refractivity contribution in [1.29, 1.82) is 0 Å². The van der Waals surface area contributed by atoms with Crippen molar-refractivity contribution in [3.8, 4) is 5.75 Å². The molecule has 4 nitrogen and oxygen atoms in total. The molecule has 0 saturated heterocycles. The number of hydrogen-bond acceptors (Lipinski definition) is 4. The first-order chi connectivity index (χ1) is 11.5. The molecule has 24 heavy (non-hydrogen) atoms. The molecule has 124 valence electrons. The lowest BCUT2D eigenvalue weighted by molar-refractivity contribution is -0.138. The second-order valence-electron chi connectivity index (χ2n) is 5.35. The predicted octanol–water partition coefficient (Wildman–Crippen LogP) is 3.64. The van der Waals surface area contributed by atoms with Crippen LogP contribution in [0.3, 0.4) is 0 Å². The van der Waals surface area contributed by atoms with Crippen LogP contribution in [0.5, 0.6) is 5.75 Å². The molecule has 0 spiro atoms. The van der Waals surface area contributed by atoms with Gasteiger partial charge in [0.05, 0.1) is 0 Å². The van der Waals surface area contributed by atoms with Crippen LogP contribution in [-0.4, -0.2) is 25.0 Å². The van der Waals surface area contributed by atoms with E-state index in [0.29, 0.717) is 16.9 Å². The van der Waals surface area contributed by atoms with Gasteiger partial charge in [0.2, 0.25) is 0 Å². The standard InChI is InChI=1S/C20H20O4/c1-4-19(21)24-11-10-23-18-13-14(2)17(12-15(18)3)20(22)16-8-6-5-7-9-16/h4-9,12-13H,1,10-11H2,2-3H3. The highest BCUT2D eigenvalue weighted by Gasteiger charge is 2.14. The molecule has 0 aliphatic rings. The van der Waals surface area contributed by atoms with Crippen molar-refractivity contribution in [2.24, 2.45) is 0 Å². The maximum atomic E-state index is 12.6. The average Bonchev–Trinajstić information content (AvgIpc) is 2.61. The Kier molecular flexibility index (Phi) is 5.90. The smallest absolute Gasteiger partial charge is 0.330 e. The molecule has 0 aliphatic heterocycles. The zero-order valence-electron chi connectivity index (χ0n) is 13.9. The van der Waals surface area contributed by atoms with Gasteiger partial charge in [-0.1, -0.05) is 36.9 Å². The van der Waals surface area contributed by atoms with Crippen LogP contribution in [0.15, 0.2) is 55.1 Å². The average molecular weight is 324 g/mol. The van der Waals surface area contributed by atoms with E-state index in [1.807, 2.05) is 44.2 Å². The van der Waals surface area contributed by atoms with Crippen molar-refractivity contribution in [2.45, 2.75) is 13.8 Å². The molecule has 0 heterocycles. The lowest BCUT2D eigenvalue weighted by Gasteiger charge is -2.13. The second-order valence-corrected chi connectivity index (χ2v) is 5.35. The summed E-state index contributed by atoms with van der Waals surface area (Å²) in [6.07, 6.45) is 1.11. The number of ketones is 1. The van der Waals surface area contributed by atoms with Gasteiger partial charge in [-0.2, -0.15) is 0 Å². The molecule has 0 unspecified atom stereocenters. The molecule has 0 saturated carbocycles. The van der Waals surface area contributed by atoms with Crippen LogP contribution in [0.4, 0.5) is 0 Å². The zero-order valence-corrected chi connectivity index (χ0v) is 13.9. The first-order valence-electron chi connectivity index (χ1n) is 7.66. The molecule has 0 bridgehead atoms. The van der Waals surface area contributed by atoms with E-state index in [2.05, 4.69) is 6.58 Å². The Bertz CT molecular complexity index is 748. The van der Waals surface area contributed by atoms with Crippen molar-refractivity contribution >= 4 is 11.8 Å². The summed E-state index contributed by atoms with van der Waals surface area (Å²) in [4.78, 5) is 23.6. The van der Waals surface area contributed by atoms with Crippen molar-refractivity contribution in [3.05, 3.63) is 77.4 Å². The lowest BCUT2D eigenvalue weighted by atomic mass is 9.97. The molecule has 0 atom stereocenters. The van der Waals surface area contributed by atoms with Crippen LogP contribution in [0, 0.1) is 13.8 Å². The maximum absolute atomic E-state index is 12.6. The molecule has 0 fully saturated rings. The van der Waals surface area contributed by atoms with E-state index in [-0.39, 0.29) is 19.0 Å². The van der Waals surface area contributed by atoms with Crippen LogP contribution in [0.2, 0.25) is 0 Å². The lowest BCUT2D eigenvalue weighted by Crippen LogP contribution is -2.11. The SMILES string of the molecule is C=CC(=O)OCCOc1cc(C)c(C(=O)c2ccccc2)cc1C. The molecule has 0 amide bonds. The Hall–Kier alpha value is -2.88. The van der Waals surface area contributed by atoms with Gasteiger partial charge in [0.1, 0.15) is 19.0 Å². The number of carbonyl (C=O) groups is 2. The summed E-state index contributed by atoms with van der Waals surface area (Å²) in [6, 6.07) is 12.8. The summed E-state index contributed by atoms with van der Waals surface area (Å²) in [5.74, 6) is 0.185. The predicted molar refractivity (Wildman–Crippen MR) is 92.4 cm³/mol. The Morgan fingerprint density at radius 1 is 1.04 bits per heavy atom. The molecule has 0 radical (unpaired) electrons. The third-order valence-electron chi connectivity index (χ3n) is 3.55. The van der Waals surface area contributed by atoms with Crippen LogP contribution in [0.25, 0.3) is 0 Å². The van der Waals surface area contributed by atoms with Gasteiger partial charge in [-0.3, -0.25) is 4.79 Å². The Labute approximate surface area is 141 Å². The molecule has 2 aromatic rings. The minimum atomic E-state index is -0.477. The van der Waals surface area contributed by atoms with Gasteiger partial charge in [0.15, 0.2) is 5.78 Å². The highest BCUT2D eigenvalue weighted by atomic mass is 16.6. The summed E-state index contributed by atoms with van der Waals surface area (Å²) in [5.41, 5.74) is 3.01.